The van der Waals surface area contributed by atoms with E-state index in [-0.39, 0.29) is 6.10 Å². The van der Waals surface area contributed by atoms with Crippen LogP contribution in [0.5, 0.6) is 5.88 Å². The van der Waals surface area contributed by atoms with Crippen LogP contribution in [-0.2, 0) is 13.0 Å². The summed E-state index contributed by atoms with van der Waals surface area (Å²) in [7, 11) is 0. The summed E-state index contributed by atoms with van der Waals surface area (Å²) in [5.41, 5.74) is 10.4. The molecule has 1 aliphatic rings. The van der Waals surface area contributed by atoms with Crippen molar-refractivity contribution in [2.24, 2.45) is 5.73 Å². The first kappa shape index (κ1) is 13.1. The lowest BCUT2D eigenvalue weighted by atomic mass is 9.89. The standard InChI is InChI=1S/C17H20N2O/c1-12-14(11-18)9-10-17(19-12)20-16-8-4-6-13-5-2-3-7-15(13)16/h2-3,5,7,9-10,16H,4,6,8,11,18H2,1H3. The smallest absolute Gasteiger partial charge is 0.214 e. The molecule has 0 saturated heterocycles. The highest BCUT2D eigenvalue weighted by molar-refractivity contribution is 5.32. The summed E-state index contributed by atoms with van der Waals surface area (Å²) in [6.45, 7) is 2.50. The number of fused-ring (bicyclic) bond motifs is 1. The summed E-state index contributed by atoms with van der Waals surface area (Å²) in [4.78, 5) is 4.51. The first-order chi connectivity index (χ1) is 9.78. The minimum atomic E-state index is 0.121. The Balaban J connectivity index is 1.84. The predicted molar refractivity (Wildman–Crippen MR) is 79.6 cm³/mol. The van der Waals surface area contributed by atoms with Crippen molar-refractivity contribution >= 4 is 0 Å². The molecule has 1 atom stereocenters. The van der Waals surface area contributed by atoms with Crippen molar-refractivity contribution in [1.82, 2.24) is 4.98 Å². The largest absolute Gasteiger partial charge is 0.469 e. The van der Waals surface area contributed by atoms with Gasteiger partial charge < -0.3 is 10.5 Å². The number of aromatic nitrogens is 1. The van der Waals surface area contributed by atoms with Gasteiger partial charge in [0.15, 0.2) is 0 Å². The summed E-state index contributed by atoms with van der Waals surface area (Å²) < 4.78 is 6.11. The lowest BCUT2D eigenvalue weighted by Crippen LogP contribution is -2.16. The zero-order valence-corrected chi connectivity index (χ0v) is 11.8. The van der Waals surface area contributed by atoms with Gasteiger partial charge in [0.1, 0.15) is 6.10 Å². The lowest BCUT2D eigenvalue weighted by Gasteiger charge is -2.26. The third-order valence-electron chi connectivity index (χ3n) is 3.97. The molecule has 1 aromatic carbocycles. The predicted octanol–water partition coefficient (Wildman–Crippen LogP) is 3.31. The van der Waals surface area contributed by atoms with Crippen LogP contribution in [0.3, 0.4) is 0 Å². The Labute approximate surface area is 119 Å². The molecule has 1 aromatic heterocycles. The van der Waals surface area contributed by atoms with Crippen LogP contribution in [0.4, 0.5) is 0 Å². The molecular formula is C17H20N2O. The first-order valence-corrected chi connectivity index (χ1v) is 7.19. The molecule has 2 aromatic rings. The van der Waals surface area contributed by atoms with Gasteiger partial charge in [0.05, 0.1) is 0 Å². The van der Waals surface area contributed by atoms with Gasteiger partial charge in [-0.15, -0.1) is 0 Å². The molecule has 3 rings (SSSR count). The van der Waals surface area contributed by atoms with Crippen molar-refractivity contribution < 1.29 is 4.74 Å². The van der Waals surface area contributed by atoms with E-state index in [1.165, 1.54) is 17.5 Å². The average molecular weight is 268 g/mol. The zero-order chi connectivity index (χ0) is 13.9. The number of ether oxygens (including phenoxy) is 1. The minimum absolute atomic E-state index is 0.121. The maximum absolute atomic E-state index is 6.11. The second kappa shape index (κ2) is 5.63. The van der Waals surface area contributed by atoms with Crippen molar-refractivity contribution in [3.8, 4) is 5.88 Å². The summed E-state index contributed by atoms with van der Waals surface area (Å²) in [5, 5.41) is 0. The Morgan fingerprint density at radius 3 is 2.90 bits per heavy atom. The van der Waals surface area contributed by atoms with E-state index in [0.717, 1.165) is 24.1 Å². The number of nitrogens with zero attached hydrogens (tertiary/aromatic N) is 1. The van der Waals surface area contributed by atoms with Gasteiger partial charge in [-0.1, -0.05) is 30.3 Å². The van der Waals surface area contributed by atoms with Gasteiger partial charge in [-0.3, -0.25) is 0 Å². The fourth-order valence-electron chi connectivity index (χ4n) is 2.83. The van der Waals surface area contributed by atoms with Crippen molar-refractivity contribution in [3.63, 3.8) is 0 Å². The van der Waals surface area contributed by atoms with E-state index in [4.69, 9.17) is 10.5 Å². The van der Waals surface area contributed by atoms with Crippen molar-refractivity contribution in [1.29, 1.82) is 0 Å². The van der Waals surface area contributed by atoms with Crippen LogP contribution < -0.4 is 10.5 Å². The monoisotopic (exact) mass is 268 g/mol. The second-order valence-electron chi connectivity index (χ2n) is 5.30. The molecule has 3 nitrogen and oxygen atoms in total. The molecule has 0 fully saturated rings. The van der Waals surface area contributed by atoms with E-state index in [1.54, 1.807) is 0 Å². The molecule has 3 heteroatoms. The molecule has 0 aliphatic heterocycles. The molecule has 20 heavy (non-hydrogen) atoms. The highest BCUT2D eigenvalue weighted by atomic mass is 16.5. The normalized spacial score (nSPS) is 17.6. The average Bonchev–Trinajstić information content (AvgIpc) is 2.48. The molecule has 0 spiro atoms. The molecule has 1 unspecified atom stereocenters. The van der Waals surface area contributed by atoms with Crippen molar-refractivity contribution in [2.75, 3.05) is 0 Å². The molecule has 0 bridgehead atoms. The van der Waals surface area contributed by atoms with E-state index in [0.29, 0.717) is 12.4 Å². The molecule has 0 radical (unpaired) electrons. The molecule has 0 saturated carbocycles. The Morgan fingerprint density at radius 1 is 1.25 bits per heavy atom. The van der Waals surface area contributed by atoms with Gasteiger partial charge in [0.2, 0.25) is 5.88 Å². The van der Waals surface area contributed by atoms with Gasteiger partial charge in [-0.05, 0) is 42.9 Å². The summed E-state index contributed by atoms with van der Waals surface area (Å²) in [5.74, 6) is 0.696. The van der Waals surface area contributed by atoms with Gasteiger partial charge in [-0.25, -0.2) is 4.98 Å². The van der Waals surface area contributed by atoms with Gasteiger partial charge in [-0.2, -0.15) is 0 Å². The number of nitrogens with two attached hydrogens (primary N) is 1. The Kier molecular flexibility index (Phi) is 3.70. The number of hydrogen-bond donors (Lipinski definition) is 1. The van der Waals surface area contributed by atoms with E-state index in [2.05, 4.69) is 29.2 Å². The SMILES string of the molecule is Cc1nc(OC2CCCc3ccccc32)ccc1CN. The van der Waals surface area contributed by atoms with Crippen LogP contribution in [0.2, 0.25) is 0 Å². The summed E-state index contributed by atoms with van der Waals surface area (Å²) >= 11 is 0. The number of pyridine rings is 1. The third kappa shape index (κ3) is 2.54. The molecule has 1 heterocycles. The molecule has 0 amide bonds. The Bertz CT molecular complexity index is 610. The van der Waals surface area contributed by atoms with Crippen LogP contribution in [0, 0.1) is 6.92 Å². The van der Waals surface area contributed by atoms with Crippen molar-refractivity contribution in [3.05, 3.63) is 58.8 Å². The van der Waals surface area contributed by atoms with Crippen LogP contribution >= 0.6 is 0 Å². The van der Waals surface area contributed by atoms with Gasteiger partial charge in [0, 0.05) is 18.3 Å². The van der Waals surface area contributed by atoms with E-state index >= 15 is 0 Å². The number of rotatable bonds is 3. The maximum Gasteiger partial charge on any atom is 0.214 e. The number of hydrogen-bond acceptors (Lipinski definition) is 3. The van der Waals surface area contributed by atoms with Crippen molar-refractivity contribution in [2.45, 2.75) is 38.8 Å². The number of benzene rings is 1. The van der Waals surface area contributed by atoms with Gasteiger partial charge in [0.25, 0.3) is 0 Å². The highest BCUT2D eigenvalue weighted by Crippen LogP contribution is 2.33. The third-order valence-corrected chi connectivity index (χ3v) is 3.97. The van der Waals surface area contributed by atoms with E-state index in [1.807, 2.05) is 19.1 Å². The lowest BCUT2D eigenvalue weighted by molar-refractivity contribution is 0.175. The van der Waals surface area contributed by atoms with Crippen LogP contribution in [-0.4, -0.2) is 4.98 Å². The fraction of sp³-hybridized carbons (Fsp3) is 0.353. The maximum atomic E-state index is 6.11. The topological polar surface area (TPSA) is 48.1 Å². The van der Waals surface area contributed by atoms with Crippen LogP contribution in [0.1, 0.15) is 41.3 Å². The molecule has 1 aliphatic carbocycles. The minimum Gasteiger partial charge on any atom is -0.469 e. The zero-order valence-electron chi connectivity index (χ0n) is 11.8. The molecule has 2 N–H and O–H groups in total. The van der Waals surface area contributed by atoms with Gasteiger partial charge >= 0.3 is 0 Å². The molecule has 104 valence electrons. The Morgan fingerprint density at radius 2 is 2.10 bits per heavy atom. The van der Waals surface area contributed by atoms with E-state index < -0.39 is 0 Å². The van der Waals surface area contributed by atoms with Crippen LogP contribution in [0.25, 0.3) is 0 Å². The highest BCUT2D eigenvalue weighted by Gasteiger charge is 2.21. The summed E-state index contributed by atoms with van der Waals surface area (Å²) in [6, 6.07) is 12.5. The summed E-state index contributed by atoms with van der Waals surface area (Å²) in [6.07, 6.45) is 3.49. The second-order valence-corrected chi connectivity index (χ2v) is 5.30. The first-order valence-electron chi connectivity index (χ1n) is 7.19. The van der Waals surface area contributed by atoms with Crippen LogP contribution in [0.15, 0.2) is 36.4 Å². The molecular weight excluding hydrogens is 248 g/mol. The fourth-order valence-corrected chi connectivity index (χ4v) is 2.83. The Hall–Kier alpha value is -1.87. The van der Waals surface area contributed by atoms with E-state index in [9.17, 15) is 0 Å². The number of aryl methyl sites for hydroxylation is 2. The quantitative estimate of drug-likeness (QED) is 0.929.